The quantitative estimate of drug-likeness (QED) is 0.543. The number of rotatable bonds is 3. The third kappa shape index (κ3) is 2.48. The van der Waals surface area contributed by atoms with Crippen molar-refractivity contribution in [3.63, 3.8) is 0 Å². The molecule has 0 spiro atoms. The largest absolute Gasteiger partial charge is 0.465 e. The van der Waals surface area contributed by atoms with E-state index in [0.717, 1.165) is 5.56 Å². The number of amides is 3. The summed E-state index contributed by atoms with van der Waals surface area (Å²) in [6, 6.07) is 4.76. The number of carbonyl (C=O) groups is 3. The highest BCUT2D eigenvalue weighted by Gasteiger charge is 2.44. The number of carboxylic acid groups (broad SMARTS) is 2. The molecule has 3 amide bonds. The maximum atomic E-state index is 11.6. The predicted molar refractivity (Wildman–Crippen MR) is 68.6 cm³/mol. The summed E-state index contributed by atoms with van der Waals surface area (Å²) in [5.41, 5.74) is 5.72. The molecule has 0 radical (unpaired) electrons. The normalized spacial score (nSPS) is 20.0. The van der Waals surface area contributed by atoms with Gasteiger partial charge in [-0.05, 0) is 23.3 Å². The molecule has 106 valence electrons. The van der Waals surface area contributed by atoms with Crippen molar-refractivity contribution in [3.05, 3.63) is 29.3 Å². The molecule has 1 unspecified atom stereocenters. The first-order valence-corrected chi connectivity index (χ1v) is 5.75. The van der Waals surface area contributed by atoms with Crippen molar-refractivity contribution in [1.29, 1.82) is 0 Å². The zero-order chi connectivity index (χ0) is 14.9. The molecule has 1 aliphatic carbocycles. The molecule has 1 aromatic rings. The molecule has 0 fully saturated rings. The Bertz CT molecular complexity index is 601. The summed E-state index contributed by atoms with van der Waals surface area (Å²) in [6.45, 7) is 0. The van der Waals surface area contributed by atoms with E-state index in [0.29, 0.717) is 11.3 Å². The molecule has 0 saturated carbocycles. The fraction of sp³-hybridized carbons (Fsp3) is 0.250. The van der Waals surface area contributed by atoms with Crippen LogP contribution in [0.2, 0.25) is 0 Å². The maximum absolute atomic E-state index is 11.6. The van der Waals surface area contributed by atoms with Gasteiger partial charge in [-0.15, -0.1) is 0 Å². The summed E-state index contributed by atoms with van der Waals surface area (Å²) in [6.07, 6.45) is -2.29. The second-order valence-electron chi connectivity index (χ2n) is 4.64. The molecule has 0 aliphatic heterocycles. The average Bonchev–Trinajstić information content (AvgIpc) is 2.65. The molecule has 0 aromatic heterocycles. The number of carbonyl (C=O) groups excluding carboxylic acids is 1. The molecular weight excluding hydrogens is 266 g/mol. The van der Waals surface area contributed by atoms with Crippen LogP contribution in [0.5, 0.6) is 0 Å². The Balaban J connectivity index is 2.31. The van der Waals surface area contributed by atoms with Gasteiger partial charge >= 0.3 is 12.2 Å². The van der Waals surface area contributed by atoms with Crippen molar-refractivity contribution in [3.8, 4) is 0 Å². The molecule has 2 rings (SSSR count). The van der Waals surface area contributed by atoms with Crippen molar-refractivity contribution in [1.82, 2.24) is 5.32 Å². The molecule has 0 heterocycles. The van der Waals surface area contributed by atoms with E-state index < -0.39 is 23.6 Å². The fourth-order valence-corrected chi connectivity index (χ4v) is 2.41. The monoisotopic (exact) mass is 279 g/mol. The van der Waals surface area contributed by atoms with Crippen LogP contribution in [0.3, 0.4) is 0 Å². The summed E-state index contributed by atoms with van der Waals surface area (Å²) in [4.78, 5) is 33.0. The van der Waals surface area contributed by atoms with Gasteiger partial charge < -0.3 is 21.3 Å². The summed E-state index contributed by atoms with van der Waals surface area (Å²) < 4.78 is 0. The molecule has 1 atom stereocenters. The molecule has 20 heavy (non-hydrogen) atoms. The number of hydrogen-bond donors (Lipinski definition) is 5. The SMILES string of the molecule is NC(=O)C1(NC(=O)O)Cc2ccc(NC(=O)O)cc2C1. The second-order valence-corrected chi connectivity index (χ2v) is 4.64. The molecule has 1 aliphatic rings. The van der Waals surface area contributed by atoms with Gasteiger partial charge in [-0.1, -0.05) is 6.07 Å². The van der Waals surface area contributed by atoms with Crippen LogP contribution in [0, 0.1) is 0 Å². The van der Waals surface area contributed by atoms with E-state index in [4.69, 9.17) is 15.9 Å². The van der Waals surface area contributed by atoms with Gasteiger partial charge in [-0.25, -0.2) is 9.59 Å². The third-order valence-electron chi connectivity index (χ3n) is 3.26. The van der Waals surface area contributed by atoms with Crippen LogP contribution in [-0.2, 0) is 17.6 Å². The highest BCUT2D eigenvalue weighted by Crippen LogP contribution is 2.32. The van der Waals surface area contributed by atoms with Crippen LogP contribution in [0.1, 0.15) is 11.1 Å². The van der Waals surface area contributed by atoms with Crippen molar-refractivity contribution < 1.29 is 24.6 Å². The van der Waals surface area contributed by atoms with Gasteiger partial charge in [0, 0.05) is 18.5 Å². The van der Waals surface area contributed by atoms with E-state index in [1.807, 2.05) is 0 Å². The second kappa shape index (κ2) is 4.72. The Morgan fingerprint density at radius 2 is 1.75 bits per heavy atom. The lowest BCUT2D eigenvalue weighted by molar-refractivity contribution is -0.123. The lowest BCUT2D eigenvalue weighted by Crippen LogP contribution is -2.58. The highest BCUT2D eigenvalue weighted by atomic mass is 16.4. The first-order valence-electron chi connectivity index (χ1n) is 5.75. The van der Waals surface area contributed by atoms with Crippen molar-refractivity contribution in [2.75, 3.05) is 5.32 Å². The molecule has 8 heteroatoms. The van der Waals surface area contributed by atoms with E-state index in [1.165, 1.54) is 0 Å². The van der Waals surface area contributed by atoms with Crippen molar-refractivity contribution in [2.45, 2.75) is 18.4 Å². The van der Waals surface area contributed by atoms with E-state index in [9.17, 15) is 14.4 Å². The minimum Gasteiger partial charge on any atom is -0.465 e. The third-order valence-corrected chi connectivity index (χ3v) is 3.26. The van der Waals surface area contributed by atoms with Crippen LogP contribution in [0.25, 0.3) is 0 Å². The summed E-state index contributed by atoms with van der Waals surface area (Å²) in [5.74, 6) is -0.760. The van der Waals surface area contributed by atoms with Gasteiger partial charge in [0.1, 0.15) is 5.54 Å². The summed E-state index contributed by atoms with van der Waals surface area (Å²) >= 11 is 0. The Kier molecular flexibility index (Phi) is 3.23. The lowest BCUT2D eigenvalue weighted by atomic mass is 9.95. The number of nitrogens with one attached hydrogen (secondary N) is 2. The van der Waals surface area contributed by atoms with Gasteiger partial charge in [0.2, 0.25) is 5.91 Å². The van der Waals surface area contributed by atoms with Gasteiger partial charge in [0.05, 0.1) is 0 Å². The van der Waals surface area contributed by atoms with Gasteiger partial charge in [0.15, 0.2) is 0 Å². The minimum absolute atomic E-state index is 0.0963. The Morgan fingerprint density at radius 1 is 1.10 bits per heavy atom. The van der Waals surface area contributed by atoms with Crippen LogP contribution >= 0.6 is 0 Å². The predicted octanol–water partition coefficient (Wildman–Crippen LogP) is 0.367. The van der Waals surface area contributed by atoms with Gasteiger partial charge in [-0.3, -0.25) is 10.1 Å². The Labute approximate surface area is 113 Å². The average molecular weight is 279 g/mol. The van der Waals surface area contributed by atoms with E-state index in [-0.39, 0.29) is 12.8 Å². The smallest absolute Gasteiger partial charge is 0.409 e. The first kappa shape index (κ1) is 13.7. The van der Waals surface area contributed by atoms with Gasteiger partial charge in [0.25, 0.3) is 0 Å². The minimum atomic E-state index is -1.38. The highest BCUT2D eigenvalue weighted by molar-refractivity contribution is 5.90. The molecule has 0 saturated heterocycles. The fourth-order valence-electron chi connectivity index (χ4n) is 2.41. The molecule has 8 nitrogen and oxygen atoms in total. The van der Waals surface area contributed by atoms with E-state index >= 15 is 0 Å². The van der Waals surface area contributed by atoms with Crippen LogP contribution < -0.4 is 16.4 Å². The number of primary amides is 1. The number of nitrogens with two attached hydrogens (primary N) is 1. The maximum Gasteiger partial charge on any atom is 0.409 e. The number of fused-ring (bicyclic) bond motifs is 1. The van der Waals surface area contributed by atoms with Crippen molar-refractivity contribution in [2.24, 2.45) is 5.73 Å². The van der Waals surface area contributed by atoms with Crippen molar-refractivity contribution >= 4 is 23.8 Å². The van der Waals surface area contributed by atoms with Crippen LogP contribution in [0.15, 0.2) is 18.2 Å². The Morgan fingerprint density at radius 3 is 2.30 bits per heavy atom. The van der Waals surface area contributed by atoms with E-state index in [2.05, 4.69) is 10.6 Å². The lowest BCUT2D eigenvalue weighted by Gasteiger charge is -2.24. The summed E-state index contributed by atoms with van der Waals surface area (Å²) in [5, 5.41) is 21.8. The zero-order valence-electron chi connectivity index (χ0n) is 10.3. The number of hydrogen-bond acceptors (Lipinski definition) is 3. The number of anilines is 1. The standard InChI is InChI=1S/C12H13N3O5/c13-9(16)12(15-11(19)20)4-6-1-2-8(14-10(17)18)3-7(6)5-12/h1-3,14-15H,4-5H2,(H2,13,16)(H,17,18)(H,19,20). The summed E-state index contributed by atoms with van der Waals surface area (Å²) in [7, 11) is 0. The molecule has 6 N–H and O–H groups in total. The van der Waals surface area contributed by atoms with E-state index in [1.54, 1.807) is 18.2 Å². The van der Waals surface area contributed by atoms with Gasteiger partial charge in [-0.2, -0.15) is 0 Å². The topological polar surface area (TPSA) is 142 Å². The first-order chi connectivity index (χ1) is 9.32. The molecule has 0 bridgehead atoms. The van der Waals surface area contributed by atoms with Crippen LogP contribution in [-0.4, -0.2) is 33.8 Å². The van der Waals surface area contributed by atoms with Crippen LogP contribution in [0.4, 0.5) is 15.3 Å². The molecule has 1 aromatic carbocycles. The Hall–Kier alpha value is -2.77. The number of benzene rings is 1. The zero-order valence-corrected chi connectivity index (χ0v) is 10.3. The molecular formula is C12H13N3O5.